The number of rotatable bonds is 2. The highest BCUT2D eigenvalue weighted by Gasteiger charge is 2.40. The maximum Gasteiger partial charge on any atom is 0.231 e. The molecule has 86 valence electrons. The fourth-order valence-corrected chi connectivity index (χ4v) is 2.52. The van der Waals surface area contributed by atoms with Crippen molar-refractivity contribution in [3.05, 3.63) is 21.7 Å². The highest BCUT2D eigenvalue weighted by atomic mass is 79.9. The van der Waals surface area contributed by atoms with Crippen molar-refractivity contribution in [3.8, 4) is 11.5 Å². The van der Waals surface area contributed by atoms with Gasteiger partial charge in [0, 0.05) is 15.6 Å². The fraction of sp³-hybridized carbons (Fsp3) is 0.500. The first-order valence-corrected chi connectivity index (χ1v) is 6.25. The molecule has 3 rings (SSSR count). The summed E-state index contributed by atoms with van der Waals surface area (Å²) < 4.78 is 12.0. The van der Waals surface area contributed by atoms with E-state index in [-0.39, 0.29) is 5.54 Å². The molecule has 0 bridgehead atoms. The number of halogens is 1. The number of hydrogen-bond donors (Lipinski definition) is 1. The van der Waals surface area contributed by atoms with Gasteiger partial charge in [-0.1, -0.05) is 15.9 Å². The van der Waals surface area contributed by atoms with E-state index in [0.29, 0.717) is 6.79 Å². The Labute approximate surface area is 103 Å². The minimum absolute atomic E-state index is 0.00866. The first-order valence-electron chi connectivity index (χ1n) is 5.45. The molecule has 4 heteroatoms. The molecule has 16 heavy (non-hydrogen) atoms. The van der Waals surface area contributed by atoms with Crippen LogP contribution in [0.4, 0.5) is 0 Å². The molecule has 1 aliphatic heterocycles. The summed E-state index contributed by atoms with van der Waals surface area (Å²) >= 11 is 3.55. The van der Waals surface area contributed by atoms with E-state index in [1.54, 1.807) is 0 Å². The van der Waals surface area contributed by atoms with Gasteiger partial charge in [0.15, 0.2) is 11.5 Å². The van der Waals surface area contributed by atoms with E-state index >= 15 is 0 Å². The lowest BCUT2D eigenvalue weighted by atomic mass is 9.98. The number of ether oxygens (including phenoxy) is 2. The van der Waals surface area contributed by atoms with E-state index in [1.807, 2.05) is 6.07 Å². The van der Waals surface area contributed by atoms with Crippen LogP contribution in [-0.2, 0) is 6.42 Å². The second-order valence-electron chi connectivity index (χ2n) is 4.73. The zero-order valence-electron chi connectivity index (χ0n) is 9.18. The molecule has 1 heterocycles. The van der Waals surface area contributed by atoms with Crippen LogP contribution in [0.5, 0.6) is 11.5 Å². The van der Waals surface area contributed by atoms with Crippen molar-refractivity contribution in [2.24, 2.45) is 5.73 Å². The summed E-state index contributed by atoms with van der Waals surface area (Å²) in [5.74, 6) is 1.72. The van der Waals surface area contributed by atoms with E-state index in [1.165, 1.54) is 11.1 Å². The normalized spacial score (nSPS) is 19.9. The van der Waals surface area contributed by atoms with Crippen molar-refractivity contribution in [3.63, 3.8) is 0 Å². The minimum atomic E-state index is -0.00866. The second kappa shape index (κ2) is 3.37. The first kappa shape index (κ1) is 10.4. The van der Waals surface area contributed by atoms with Gasteiger partial charge in [0.25, 0.3) is 0 Å². The molecule has 1 aromatic rings. The Hall–Kier alpha value is -0.740. The summed E-state index contributed by atoms with van der Waals surface area (Å²) in [6, 6.07) is 1.97. The number of benzene rings is 1. The fourth-order valence-electron chi connectivity index (χ4n) is 2.07. The van der Waals surface area contributed by atoms with E-state index in [9.17, 15) is 0 Å². The van der Waals surface area contributed by atoms with Gasteiger partial charge >= 0.3 is 0 Å². The summed E-state index contributed by atoms with van der Waals surface area (Å²) in [4.78, 5) is 0. The minimum Gasteiger partial charge on any atom is -0.454 e. The molecule has 1 aromatic carbocycles. The van der Waals surface area contributed by atoms with Gasteiger partial charge in [-0.3, -0.25) is 0 Å². The lowest BCUT2D eigenvalue weighted by molar-refractivity contribution is 0.173. The van der Waals surface area contributed by atoms with E-state index < -0.39 is 0 Å². The third-order valence-corrected chi connectivity index (χ3v) is 4.23. The largest absolute Gasteiger partial charge is 0.454 e. The maximum atomic E-state index is 6.18. The smallest absolute Gasteiger partial charge is 0.231 e. The molecule has 0 spiro atoms. The quantitative estimate of drug-likeness (QED) is 0.907. The van der Waals surface area contributed by atoms with Crippen LogP contribution in [0.15, 0.2) is 10.5 Å². The third-order valence-electron chi connectivity index (χ3n) is 3.41. The van der Waals surface area contributed by atoms with E-state index in [2.05, 4.69) is 22.9 Å². The van der Waals surface area contributed by atoms with Crippen LogP contribution in [0.3, 0.4) is 0 Å². The molecule has 2 N–H and O–H groups in total. The molecular formula is C12H14BrNO2. The average molecular weight is 284 g/mol. The van der Waals surface area contributed by atoms with Gasteiger partial charge in [0.2, 0.25) is 6.79 Å². The number of nitrogens with two attached hydrogens (primary N) is 1. The van der Waals surface area contributed by atoms with Crippen molar-refractivity contribution >= 4 is 15.9 Å². The molecule has 0 saturated heterocycles. The molecular weight excluding hydrogens is 270 g/mol. The second-order valence-corrected chi connectivity index (χ2v) is 5.59. The van der Waals surface area contributed by atoms with E-state index in [4.69, 9.17) is 15.2 Å². The third kappa shape index (κ3) is 1.60. The zero-order chi connectivity index (χ0) is 11.3. The first-order chi connectivity index (χ1) is 7.59. The van der Waals surface area contributed by atoms with Gasteiger partial charge in [-0.25, -0.2) is 0 Å². The van der Waals surface area contributed by atoms with Gasteiger partial charge in [0.1, 0.15) is 0 Å². The van der Waals surface area contributed by atoms with Gasteiger partial charge in [0.05, 0.1) is 0 Å². The van der Waals surface area contributed by atoms with Crippen LogP contribution < -0.4 is 15.2 Å². The summed E-state index contributed by atoms with van der Waals surface area (Å²) in [6.07, 6.45) is 3.09. The Bertz CT molecular complexity index is 455. The monoisotopic (exact) mass is 283 g/mol. The summed E-state index contributed by atoms with van der Waals surface area (Å²) in [5, 5.41) is 0. The van der Waals surface area contributed by atoms with Gasteiger partial charge < -0.3 is 15.2 Å². The lowest BCUT2D eigenvalue weighted by Crippen LogP contribution is -2.25. The highest BCUT2D eigenvalue weighted by Crippen LogP contribution is 2.45. The zero-order valence-corrected chi connectivity index (χ0v) is 10.8. The van der Waals surface area contributed by atoms with Gasteiger partial charge in [-0.2, -0.15) is 0 Å². The predicted octanol–water partition coefficient (Wildman–Crippen LogP) is 2.52. The summed E-state index contributed by atoms with van der Waals surface area (Å²) in [6.45, 7) is 2.41. The summed E-state index contributed by atoms with van der Waals surface area (Å²) in [7, 11) is 0. The molecule has 1 saturated carbocycles. The van der Waals surface area contributed by atoms with Crippen LogP contribution in [-0.4, -0.2) is 12.3 Å². The number of fused-ring (bicyclic) bond motifs is 1. The van der Waals surface area contributed by atoms with Crippen molar-refractivity contribution in [1.82, 2.24) is 0 Å². The van der Waals surface area contributed by atoms with Crippen molar-refractivity contribution in [2.45, 2.75) is 31.7 Å². The highest BCUT2D eigenvalue weighted by molar-refractivity contribution is 9.10. The molecule has 3 nitrogen and oxygen atoms in total. The molecule has 0 amide bonds. The summed E-state index contributed by atoms with van der Waals surface area (Å²) in [5.41, 5.74) is 8.58. The van der Waals surface area contributed by atoms with Crippen LogP contribution >= 0.6 is 15.9 Å². The van der Waals surface area contributed by atoms with Crippen LogP contribution in [0.2, 0.25) is 0 Å². The molecule has 0 atom stereocenters. The molecule has 0 radical (unpaired) electrons. The lowest BCUT2D eigenvalue weighted by Gasteiger charge is -2.15. The average Bonchev–Trinajstić information content (AvgIpc) is 2.77. The Morgan fingerprint density at radius 2 is 2.19 bits per heavy atom. The Balaban J connectivity index is 2.07. The van der Waals surface area contributed by atoms with Crippen LogP contribution in [0.1, 0.15) is 24.0 Å². The Kier molecular flexibility index (Phi) is 2.20. The van der Waals surface area contributed by atoms with Gasteiger partial charge in [-0.15, -0.1) is 0 Å². The molecule has 1 aliphatic carbocycles. The molecule has 0 unspecified atom stereocenters. The van der Waals surface area contributed by atoms with Crippen molar-refractivity contribution in [2.75, 3.05) is 6.79 Å². The Morgan fingerprint density at radius 1 is 1.44 bits per heavy atom. The Morgan fingerprint density at radius 3 is 2.88 bits per heavy atom. The maximum absolute atomic E-state index is 6.18. The topological polar surface area (TPSA) is 44.5 Å². The standard InChI is InChI=1S/C12H14BrNO2/c1-7-8(5-12(14)2-3-12)11-10(4-9(7)13)15-6-16-11/h4H,2-3,5-6,14H2,1H3. The van der Waals surface area contributed by atoms with Crippen LogP contribution in [0, 0.1) is 6.92 Å². The predicted molar refractivity (Wildman–Crippen MR) is 64.9 cm³/mol. The number of hydrogen-bond acceptors (Lipinski definition) is 3. The van der Waals surface area contributed by atoms with Crippen molar-refractivity contribution < 1.29 is 9.47 Å². The SMILES string of the molecule is Cc1c(Br)cc2c(c1CC1(N)CC1)OCO2. The van der Waals surface area contributed by atoms with Gasteiger partial charge in [-0.05, 0) is 37.8 Å². The molecule has 0 aromatic heterocycles. The van der Waals surface area contributed by atoms with Crippen molar-refractivity contribution in [1.29, 1.82) is 0 Å². The van der Waals surface area contributed by atoms with E-state index in [0.717, 1.165) is 35.2 Å². The molecule has 2 aliphatic rings. The molecule has 1 fully saturated rings. The van der Waals surface area contributed by atoms with Crippen LogP contribution in [0.25, 0.3) is 0 Å².